The van der Waals surface area contributed by atoms with Gasteiger partial charge in [-0.15, -0.1) is 0 Å². The summed E-state index contributed by atoms with van der Waals surface area (Å²) < 4.78 is 0. The van der Waals surface area contributed by atoms with Crippen molar-refractivity contribution in [3.63, 3.8) is 0 Å². The molecule has 1 unspecified atom stereocenters. The number of nitrogens with zero attached hydrogens (tertiary/aromatic N) is 1. The van der Waals surface area contributed by atoms with Gasteiger partial charge >= 0.3 is 0 Å². The molecule has 0 spiro atoms. The van der Waals surface area contributed by atoms with Gasteiger partial charge in [-0.3, -0.25) is 4.79 Å². The largest absolute Gasteiger partial charge is 0.383 e. The summed E-state index contributed by atoms with van der Waals surface area (Å²) in [4.78, 5) is 12.1. The SMILES string of the molecule is N#Cc1ccc(NCC(=O)NCC2(O)CCCc3ccccc32)cc1. The van der Waals surface area contributed by atoms with Crippen LogP contribution in [0.3, 0.4) is 0 Å². The molecule has 0 heterocycles. The van der Waals surface area contributed by atoms with Gasteiger partial charge in [0.15, 0.2) is 0 Å². The summed E-state index contributed by atoms with van der Waals surface area (Å²) in [5.41, 5.74) is 2.42. The van der Waals surface area contributed by atoms with Crippen LogP contribution in [0.15, 0.2) is 48.5 Å². The molecule has 1 atom stereocenters. The predicted molar refractivity (Wildman–Crippen MR) is 95.9 cm³/mol. The van der Waals surface area contributed by atoms with Crippen molar-refractivity contribution < 1.29 is 9.90 Å². The first-order chi connectivity index (χ1) is 12.1. The van der Waals surface area contributed by atoms with E-state index in [0.717, 1.165) is 29.7 Å². The topological polar surface area (TPSA) is 85.2 Å². The van der Waals surface area contributed by atoms with E-state index < -0.39 is 5.60 Å². The van der Waals surface area contributed by atoms with Crippen LogP contribution in [-0.2, 0) is 16.8 Å². The van der Waals surface area contributed by atoms with E-state index in [0.29, 0.717) is 12.0 Å². The van der Waals surface area contributed by atoms with Crippen LogP contribution in [0.1, 0.15) is 29.5 Å². The molecule has 1 aliphatic rings. The molecular weight excluding hydrogens is 314 g/mol. The molecule has 5 nitrogen and oxygen atoms in total. The highest BCUT2D eigenvalue weighted by Gasteiger charge is 2.34. The molecule has 3 rings (SSSR count). The zero-order chi connectivity index (χ0) is 17.7. The van der Waals surface area contributed by atoms with Gasteiger partial charge in [0.1, 0.15) is 5.60 Å². The molecule has 3 N–H and O–H groups in total. The third-order valence-electron chi connectivity index (χ3n) is 4.60. The lowest BCUT2D eigenvalue weighted by Crippen LogP contribution is -2.44. The van der Waals surface area contributed by atoms with Crippen molar-refractivity contribution in [2.75, 3.05) is 18.4 Å². The number of fused-ring (bicyclic) bond motifs is 1. The average molecular weight is 335 g/mol. The van der Waals surface area contributed by atoms with Crippen LogP contribution in [-0.4, -0.2) is 24.1 Å². The number of benzene rings is 2. The van der Waals surface area contributed by atoms with Gasteiger partial charge in [-0.05, 0) is 54.7 Å². The second-order valence-electron chi connectivity index (χ2n) is 6.36. The van der Waals surface area contributed by atoms with Crippen LogP contribution in [0.2, 0.25) is 0 Å². The van der Waals surface area contributed by atoms with E-state index in [4.69, 9.17) is 5.26 Å². The van der Waals surface area contributed by atoms with E-state index in [1.54, 1.807) is 24.3 Å². The maximum absolute atomic E-state index is 12.1. The van der Waals surface area contributed by atoms with E-state index in [2.05, 4.69) is 16.7 Å². The van der Waals surface area contributed by atoms with Crippen LogP contribution in [0.4, 0.5) is 5.69 Å². The number of anilines is 1. The summed E-state index contributed by atoms with van der Waals surface area (Å²) in [6.07, 6.45) is 2.52. The van der Waals surface area contributed by atoms with Gasteiger partial charge in [0.2, 0.25) is 5.91 Å². The van der Waals surface area contributed by atoms with E-state index in [-0.39, 0.29) is 19.0 Å². The molecule has 1 aliphatic carbocycles. The lowest BCUT2D eigenvalue weighted by atomic mass is 9.79. The van der Waals surface area contributed by atoms with Gasteiger partial charge in [0, 0.05) is 5.69 Å². The second-order valence-corrected chi connectivity index (χ2v) is 6.36. The molecule has 0 radical (unpaired) electrons. The molecule has 0 saturated carbocycles. The Kier molecular flexibility index (Phi) is 5.01. The Morgan fingerprint density at radius 3 is 2.72 bits per heavy atom. The third-order valence-corrected chi connectivity index (χ3v) is 4.60. The number of amides is 1. The van der Waals surface area contributed by atoms with Crippen LogP contribution in [0.5, 0.6) is 0 Å². The minimum Gasteiger partial charge on any atom is -0.383 e. The van der Waals surface area contributed by atoms with Crippen molar-refractivity contribution in [3.05, 3.63) is 65.2 Å². The molecule has 5 heteroatoms. The fourth-order valence-electron chi connectivity index (χ4n) is 3.23. The second kappa shape index (κ2) is 7.37. The summed E-state index contributed by atoms with van der Waals surface area (Å²) in [5.74, 6) is -0.180. The van der Waals surface area contributed by atoms with E-state index in [1.807, 2.05) is 24.3 Å². The van der Waals surface area contributed by atoms with E-state index >= 15 is 0 Å². The molecule has 0 aromatic heterocycles. The number of carbonyl (C=O) groups excluding carboxylic acids is 1. The number of aliphatic hydroxyl groups is 1. The first-order valence-electron chi connectivity index (χ1n) is 8.42. The summed E-state index contributed by atoms with van der Waals surface area (Å²) in [7, 11) is 0. The van der Waals surface area contributed by atoms with Gasteiger partial charge in [-0.2, -0.15) is 5.26 Å². The highest BCUT2D eigenvalue weighted by molar-refractivity contribution is 5.80. The highest BCUT2D eigenvalue weighted by Crippen LogP contribution is 2.34. The molecular formula is C20H21N3O2. The normalized spacial score (nSPS) is 18.7. The van der Waals surface area contributed by atoms with Gasteiger partial charge in [-0.1, -0.05) is 24.3 Å². The molecule has 2 aromatic carbocycles. The fourth-order valence-corrected chi connectivity index (χ4v) is 3.23. The Hall–Kier alpha value is -2.84. The third kappa shape index (κ3) is 3.98. The van der Waals surface area contributed by atoms with Crippen LogP contribution in [0.25, 0.3) is 0 Å². The quantitative estimate of drug-likeness (QED) is 0.783. The van der Waals surface area contributed by atoms with Gasteiger partial charge in [0.05, 0.1) is 24.7 Å². The number of hydrogen-bond donors (Lipinski definition) is 3. The predicted octanol–water partition coefficient (Wildman–Crippen LogP) is 2.31. The molecule has 128 valence electrons. The van der Waals surface area contributed by atoms with Gasteiger partial charge in [0.25, 0.3) is 0 Å². The van der Waals surface area contributed by atoms with E-state index in [1.165, 1.54) is 0 Å². The van der Waals surface area contributed by atoms with Crippen molar-refractivity contribution in [1.29, 1.82) is 5.26 Å². The zero-order valence-corrected chi connectivity index (χ0v) is 14.0. The minimum atomic E-state index is -1.00. The summed E-state index contributed by atoms with van der Waals surface area (Å²) >= 11 is 0. The summed E-state index contributed by atoms with van der Waals surface area (Å²) in [5, 5.41) is 25.6. The first-order valence-corrected chi connectivity index (χ1v) is 8.42. The maximum atomic E-state index is 12.1. The highest BCUT2D eigenvalue weighted by atomic mass is 16.3. The lowest BCUT2D eigenvalue weighted by Gasteiger charge is -2.34. The minimum absolute atomic E-state index is 0.115. The Morgan fingerprint density at radius 2 is 1.96 bits per heavy atom. The number of carbonyl (C=O) groups is 1. The zero-order valence-electron chi connectivity index (χ0n) is 14.0. The molecule has 0 aliphatic heterocycles. The average Bonchev–Trinajstić information content (AvgIpc) is 2.66. The van der Waals surface area contributed by atoms with Crippen molar-refractivity contribution >= 4 is 11.6 Å². The maximum Gasteiger partial charge on any atom is 0.239 e. The van der Waals surface area contributed by atoms with Crippen molar-refractivity contribution in [2.45, 2.75) is 24.9 Å². The lowest BCUT2D eigenvalue weighted by molar-refractivity contribution is -0.120. The number of nitriles is 1. The number of rotatable bonds is 5. The monoisotopic (exact) mass is 335 g/mol. The van der Waals surface area contributed by atoms with Gasteiger partial charge < -0.3 is 15.7 Å². The van der Waals surface area contributed by atoms with E-state index in [9.17, 15) is 9.90 Å². The standard InChI is InChI=1S/C20H21N3O2/c21-12-15-7-9-17(10-8-15)22-13-19(24)23-14-20(25)11-3-5-16-4-1-2-6-18(16)20/h1-2,4,6-10,22,25H,3,5,11,13-14H2,(H,23,24). The van der Waals surface area contributed by atoms with Crippen molar-refractivity contribution in [1.82, 2.24) is 5.32 Å². The Morgan fingerprint density at radius 1 is 1.20 bits per heavy atom. The summed E-state index contributed by atoms with van der Waals surface area (Å²) in [6.45, 7) is 0.321. The van der Waals surface area contributed by atoms with Crippen LogP contribution < -0.4 is 10.6 Å². The molecule has 1 amide bonds. The Labute approximate surface area is 147 Å². The van der Waals surface area contributed by atoms with Crippen LogP contribution in [0, 0.1) is 11.3 Å². The van der Waals surface area contributed by atoms with Crippen LogP contribution >= 0.6 is 0 Å². The fraction of sp³-hybridized carbons (Fsp3) is 0.300. The Bertz CT molecular complexity index is 795. The molecule has 0 saturated heterocycles. The number of hydrogen-bond acceptors (Lipinski definition) is 4. The number of nitrogens with one attached hydrogen (secondary N) is 2. The van der Waals surface area contributed by atoms with Crippen molar-refractivity contribution in [3.8, 4) is 6.07 Å². The molecule has 0 fully saturated rings. The smallest absolute Gasteiger partial charge is 0.239 e. The molecule has 0 bridgehead atoms. The summed E-state index contributed by atoms with van der Waals surface area (Å²) in [6, 6.07) is 16.8. The van der Waals surface area contributed by atoms with Gasteiger partial charge in [-0.25, -0.2) is 0 Å². The van der Waals surface area contributed by atoms with Crippen molar-refractivity contribution in [2.24, 2.45) is 0 Å². The molecule has 25 heavy (non-hydrogen) atoms. The first kappa shape index (κ1) is 17.0. The molecule has 2 aromatic rings. The number of aryl methyl sites for hydroxylation is 1. The Balaban J connectivity index is 1.55.